The molecule has 2 N–H and O–H groups in total. The molecule has 0 radical (unpaired) electrons. The molecule has 5 heteroatoms. The second-order valence-electron chi connectivity index (χ2n) is 4.08. The van der Waals surface area contributed by atoms with Crippen LogP contribution in [0.3, 0.4) is 0 Å². The number of nitrogens with two attached hydrogens (primary N) is 1. The highest BCUT2D eigenvalue weighted by molar-refractivity contribution is 6.30. The van der Waals surface area contributed by atoms with E-state index in [1.54, 1.807) is 18.7 Å². The van der Waals surface area contributed by atoms with Crippen LogP contribution >= 0.6 is 11.6 Å². The van der Waals surface area contributed by atoms with E-state index in [4.69, 9.17) is 22.1 Å². The van der Waals surface area contributed by atoms with Crippen LogP contribution in [0.15, 0.2) is 24.3 Å². The molecule has 0 saturated heterocycles. The highest BCUT2D eigenvalue weighted by atomic mass is 35.5. The predicted molar refractivity (Wildman–Crippen MR) is 73.0 cm³/mol. The predicted octanol–water partition coefficient (Wildman–Crippen LogP) is 2.45. The lowest BCUT2D eigenvalue weighted by molar-refractivity contribution is 0.409. The number of nitrogens with zero attached hydrogens (tertiary/aromatic N) is 2. The van der Waals surface area contributed by atoms with Crippen molar-refractivity contribution in [3.63, 3.8) is 0 Å². The number of hydrogen-bond acceptors (Lipinski definition) is 3. The van der Waals surface area contributed by atoms with Crippen molar-refractivity contribution in [2.24, 2.45) is 7.05 Å². The van der Waals surface area contributed by atoms with Crippen LogP contribution in [-0.4, -0.2) is 16.7 Å². The smallest absolute Gasteiger partial charge is 0.201 e. The summed E-state index contributed by atoms with van der Waals surface area (Å²) in [5.74, 6) is 1.33. The van der Waals surface area contributed by atoms with Crippen LogP contribution in [0.25, 0.3) is 0 Å². The molecule has 18 heavy (non-hydrogen) atoms. The zero-order valence-electron chi connectivity index (χ0n) is 10.5. The third-order valence-corrected chi connectivity index (χ3v) is 3.42. The Balaban J connectivity index is 2.14. The fourth-order valence-corrected chi connectivity index (χ4v) is 2.10. The quantitative estimate of drug-likeness (QED) is 0.924. The lowest BCUT2D eigenvalue weighted by Crippen LogP contribution is -1.96. The van der Waals surface area contributed by atoms with Gasteiger partial charge in [0.1, 0.15) is 10.9 Å². The average Bonchev–Trinajstić information content (AvgIpc) is 2.64. The summed E-state index contributed by atoms with van der Waals surface area (Å²) in [6.07, 6.45) is 1.56. The van der Waals surface area contributed by atoms with E-state index in [0.717, 1.165) is 29.8 Å². The molecule has 96 valence electrons. The summed E-state index contributed by atoms with van der Waals surface area (Å²) in [5, 5.41) is 0.599. The minimum atomic E-state index is 0.440. The van der Waals surface area contributed by atoms with Crippen LogP contribution in [0.5, 0.6) is 5.75 Å². The van der Waals surface area contributed by atoms with Crippen molar-refractivity contribution in [2.75, 3.05) is 12.8 Å². The molecule has 0 aliphatic carbocycles. The second-order valence-corrected chi connectivity index (χ2v) is 4.44. The number of rotatable bonds is 4. The zero-order chi connectivity index (χ0) is 13.1. The van der Waals surface area contributed by atoms with Gasteiger partial charge in [0.15, 0.2) is 0 Å². The highest BCUT2D eigenvalue weighted by Crippen LogP contribution is 2.23. The number of methoxy groups -OCH3 is 1. The number of para-hydroxylation sites is 1. The van der Waals surface area contributed by atoms with Gasteiger partial charge >= 0.3 is 0 Å². The Hall–Kier alpha value is -1.68. The number of benzene rings is 1. The maximum absolute atomic E-state index is 6.14. The van der Waals surface area contributed by atoms with Gasteiger partial charge in [0.25, 0.3) is 0 Å². The molecule has 1 aromatic heterocycles. The van der Waals surface area contributed by atoms with Crippen molar-refractivity contribution in [1.82, 2.24) is 9.55 Å². The normalized spacial score (nSPS) is 10.6. The van der Waals surface area contributed by atoms with Gasteiger partial charge in [-0.1, -0.05) is 29.8 Å². The Morgan fingerprint density at radius 3 is 2.67 bits per heavy atom. The Morgan fingerprint density at radius 2 is 2.06 bits per heavy atom. The number of anilines is 1. The monoisotopic (exact) mass is 265 g/mol. The maximum Gasteiger partial charge on any atom is 0.201 e. The number of hydrogen-bond donors (Lipinski definition) is 1. The molecule has 0 aliphatic heterocycles. The lowest BCUT2D eigenvalue weighted by Gasteiger charge is -2.07. The van der Waals surface area contributed by atoms with Crippen LogP contribution in [0.2, 0.25) is 5.15 Å². The molecular formula is C13H16ClN3O. The summed E-state index contributed by atoms with van der Waals surface area (Å²) in [6.45, 7) is 0. The van der Waals surface area contributed by atoms with E-state index in [1.165, 1.54) is 0 Å². The second kappa shape index (κ2) is 5.31. The number of imidazole rings is 1. The summed E-state index contributed by atoms with van der Waals surface area (Å²) in [5.41, 5.74) is 7.67. The number of halogens is 1. The van der Waals surface area contributed by atoms with Crippen LogP contribution in [0.4, 0.5) is 5.95 Å². The molecule has 0 amide bonds. The number of aryl methyl sites for hydroxylation is 2. The van der Waals surface area contributed by atoms with Crippen molar-refractivity contribution in [3.8, 4) is 5.75 Å². The Morgan fingerprint density at radius 1 is 1.33 bits per heavy atom. The summed E-state index contributed by atoms with van der Waals surface area (Å²) < 4.78 is 6.99. The Bertz CT molecular complexity index is 551. The number of ether oxygens (including phenoxy) is 1. The summed E-state index contributed by atoms with van der Waals surface area (Å²) in [7, 11) is 3.47. The van der Waals surface area contributed by atoms with Crippen LogP contribution < -0.4 is 10.5 Å². The average molecular weight is 266 g/mol. The molecule has 0 bridgehead atoms. The van der Waals surface area contributed by atoms with Crippen molar-refractivity contribution in [2.45, 2.75) is 12.8 Å². The van der Waals surface area contributed by atoms with Gasteiger partial charge < -0.3 is 15.0 Å². The summed E-state index contributed by atoms with van der Waals surface area (Å²) in [4.78, 5) is 4.25. The van der Waals surface area contributed by atoms with Gasteiger partial charge in [-0.25, -0.2) is 4.98 Å². The summed E-state index contributed by atoms with van der Waals surface area (Å²) in [6, 6.07) is 7.93. The van der Waals surface area contributed by atoms with Gasteiger partial charge in [-0.05, 0) is 24.5 Å². The fourth-order valence-electron chi connectivity index (χ4n) is 1.88. The lowest BCUT2D eigenvalue weighted by atomic mass is 10.1. The van der Waals surface area contributed by atoms with E-state index in [2.05, 4.69) is 4.98 Å². The number of nitrogen functional groups attached to an aromatic ring is 1. The van der Waals surface area contributed by atoms with E-state index >= 15 is 0 Å². The Kier molecular flexibility index (Phi) is 3.77. The first-order valence-electron chi connectivity index (χ1n) is 5.72. The molecule has 0 spiro atoms. The van der Waals surface area contributed by atoms with Crippen LogP contribution in [0, 0.1) is 0 Å². The third-order valence-electron chi connectivity index (χ3n) is 2.95. The first-order chi connectivity index (χ1) is 8.63. The van der Waals surface area contributed by atoms with E-state index in [1.807, 2.05) is 24.3 Å². The van der Waals surface area contributed by atoms with Gasteiger partial charge in [0, 0.05) is 7.05 Å². The van der Waals surface area contributed by atoms with Crippen LogP contribution in [0.1, 0.15) is 11.3 Å². The summed E-state index contributed by atoms with van der Waals surface area (Å²) >= 11 is 6.14. The van der Waals surface area contributed by atoms with Gasteiger partial charge in [-0.2, -0.15) is 0 Å². The van der Waals surface area contributed by atoms with Gasteiger partial charge in [-0.3, -0.25) is 0 Å². The van der Waals surface area contributed by atoms with Crippen molar-refractivity contribution >= 4 is 17.5 Å². The third kappa shape index (κ3) is 2.43. The van der Waals surface area contributed by atoms with Gasteiger partial charge in [0.05, 0.1) is 12.8 Å². The number of aromatic nitrogens is 2. The zero-order valence-corrected chi connectivity index (χ0v) is 11.2. The minimum Gasteiger partial charge on any atom is -0.496 e. The van der Waals surface area contributed by atoms with Crippen molar-refractivity contribution < 1.29 is 4.74 Å². The van der Waals surface area contributed by atoms with E-state index in [-0.39, 0.29) is 0 Å². The molecule has 2 aromatic rings. The molecule has 4 nitrogen and oxygen atoms in total. The minimum absolute atomic E-state index is 0.440. The Labute approximate surface area is 111 Å². The molecule has 2 rings (SSSR count). The van der Waals surface area contributed by atoms with E-state index in [0.29, 0.717) is 11.1 Å². The first kappa shape index (κ1) is 12.8. The molecule has 0 unspecified atom stereocenters. The molecule has 1 aromatic carbocycles. The fraction of sp³-hybridized carbons (Fsp3) is 0.308. The molecule has 0 saturated carbocycles. The topological polar surface area (TPSA) is 53.1 Å². The largest absolute Gasteiger partial charge is 0.496 e. The van der Waals surface area contributed by atoms with E-state index in [9.17, 15) is 0 Å². The molecule has 0 fully saturated rings. The van der Waals surface area contributed by atoms with Gasteiger partial charge in [-0.15, -0.1) is 0 Å². The first-order valence-corrected chi connectivity index (χ1v) is 6.09. The standard InChI is InChI=1S/C13H16ClN3O/c1-17-12(14)10(16-13(17)15)8-7-9-5-3-4-6-11(9)18-2/h3-6H,7-8H2,1-2H3,(H2,15,16). The maximum atomic E-state index is 6.14. The van der Waals surface area contributed by atoms with Crippen molar-refractivity contribution in [1.29, 1.82) is 0 Å². The molecule has 0 aliphatic rings. The molecular weight excluding hydrogens is 250 g/mol. The van der Waals surface area contributed by atoms with Crippen LogP contribution in [-0.2, 0) is 19.9 Å². The van der Waals surface area contributed by atoms with Crippen molar-refractivity contribution in [3.05, 3.63) is 40.7 Å². The SMILES string of the molecule is COc1ccccc1CCc1nc(N)n(C)c1Cl. The van der Waals surface area contributed by atoms with Gasteiger partial charge in [0.2, 0.25) is 5.95 Å². The van der Waals surface area contributed by atoms with E-state index < -0.39 is 0 Å². The molecule has 1 heterocycles. The molecule has 0 atom stereocenters. The highest BCUT2D eigenvalue weighted by Gasteiger charge is 2.11.